The van der Waals surface area contributed by atoms with Crippen molar-refractivity contribution in [3.05, 3.63) is 36.0 Å². The molecule has 2 rings (SSSR count). The Morgan fingerprint density at radius 2 is 1.90 bits per heavy atom. The molecule has 106 valence electrons. The van der Waals surface area contributed by atoms with Gasteiger partial charge in [0.15, 0.2) is 5.69 Å². The largest absolute Gasteiger partial charge is 0.476 e. The van der Waals surface area contributed by atoms with Crippen LogP contribution in [0.4, 0.5) is 13.2 Å². The summed E-state index contributed by atoms with van der Waals surface area (Å²) >= 11 is 0. The van der Waals surface area contributed by atoms with Gasteiger partial charge in [-0.3, -0.25) is 0 Å². The van der Waals surface area contributed by atoms with Crippen molar-refractivity contribution >= 4 is 5.97 Å². The Balaban J connectivity index is 2.41. The van der Waals surface area contributed by atoms with Crippen LogP contribution in [0.3, 0.4) is 0 Å². The molecule has 0 bridgehead atoms. The van der Waals surface area contributed by atoms with E-state index in [1.807, 2.05) is 0 Å². The second-order valence-electron chi connectivity index (χ2n) is 4.05. The lowest BCUT2D eigenvalue weighted by Gasteiger charge is -2.09. The van der Waals surface area contributed by atoms with Crippen LogP contribution < -0.4 is 0 Å². The minimum Gasteiger partial charge on any atom is -0.476 e. The number of hydrogen-bond donors (Lipinski definition) is 1. The predicted octanol–water partition coefficient (Wildman–Crippen LogP) is 2.60. The molecule has 0 unspecified atom stereocenters. The van der Waals surface area contributed by atoms with E-state index >= 15 is 0 Å². The molecule has 0 aliphatic heterocycles. The van der Waals surface area contributed by atoms with Crippen molar-refractivity contribution in [2.24, 2.45) is 0 Å². The van der Waals surface area contributed by atoms with Crippen LogP contribution in [0.15, 0.2) is 30.3 Å². The Morgan fingerprint density at radius 3 is 2.45 bits per heavy atom. The molecule has 0 atom stereocenters. The highest BCUT2D eigenvalue weighted by atomic mass is 19.4. The Bertz CT molecular complexity index is 608. The van der Waals surface area contributed by atoms with Crippen molar-refractivity contribution < 1.29 is 23.1 Å². The molecule has 0 amide bonds. The van der Waals surface area contributed by atoms with Gasteiger partial charge in [-0.05, 0) is 0 Å². The first kappa shape index (κ1) is 14.0. The Labute approximate surface area is 111 Å². The van der Waals surface area contributed by atoms with Crippen molar-refractivity contribution in [3.8, 4) is 11.3 Å². The minimum atomic E-state index is -4.34. The summed E-state index contributed by atoms with van der Waals surface area (Å²) < 4.78 is 37.8. The van der Waals surface area contributed by atoms with Crippen LogP contribution >= 0.6 is 0 Å². The van der Waals surface area contributed by atoms with Crippen LogP contribution in [0.2, 0.25) is 0 Å². The molecule has 0 radical (unpaired) electrons. The summed E-state index contributed by atoms with van der Waals surface area (Å²) in [5.41, 5.74) is 0.165. The second-order valence-corrected chi connectivity index (χ2v) is 4.05. The van der Waals surface area contributed by atoms with Crippen LogP contribution in [0.25, 0.3) is 11.3 Å². The number of aromatic carboxylic acids is 1. The van der Waals surface area contributed by atoms with Crippen molar-refractivity contribution in [1.82, 2.24) is 15.0 Å². The van der Waals surface area contributed by atoms with Gasteiger partial charge in [-0.2, -0.15) is 13.2 Å². The Hall–Kier alpha value is -2.38. The highest BCUT2D eigenvalue weighted by Crippen LogP contribution is 2.25. The van der Waals surface area contributed by atoms with Gasteiger partial charge in [-0.25, -0.2) is 9.48 Å². The number of carbonyl (C=O) groups is 1. The van der Waals surface area contributed by atoms with Gasteiger partial charge < -0.3 is 5.11 Å². The van der Waals surface area contributed by atoms with Crippen LogP contribution in [0, 0.1) is 0 Å². The molecule has 1 heterocycles. The molecular formula is C12H10F3N3O2. The van der Waals surface area contributed by atoms with Gasteiger partial charge in [0, 0.05) is 5.56 Å². The average molecular weight is 285 g/mol. The van der Waals surface area contributed by atoms with E-state index in [-0.39, 0.29) is 11.4 Å². The van der Waals surface area contributed by atoms with E-state index in [2.05, 4.69) is 10.3 Å². The lowest BCUT2D eigenvalue weighted by Crippen LogP contribution is -2.14. The molecule has 1 aromatic carbocycles. The fourth-order valence-electron chi connectivity index (χ4n) is 1.73. The van der Waals surface area contributed by atoms with E-state index in [1.165, 1.54) is 0 Å². The molecule has 5 nitrogen and oxygen atoms in total. The number of halogens is 3. The summed E-state index contributed by atoms with van der Waals surface area (Å²) in [6.45, 7) is -0.478. The third kappa shape index (κ3) is 3.14. The standard InChI is InChI=1S/C12H10F3N3O2/c13-12(14,15)6-7-18-10(8-4-2-1-3-5-8)9(11(19)20)16-17-18/h1-5H,6-7H2,(H,19,20). The Morgan fingerprint density at radius 1 is 1.25 bits per heavy atom. The van der Waals surface area contributed by atoms with Gasteiger partial charge in [0.2, 0.25) is 0 Å². The number of aryl methyl sites for hydroxylation is 1. The van der Waals surface area contributed by atoms with Crippen LogP contribution in [-0.4, -0.2) is 32.2 Å². The molecule has 0 saturated heterocycles. The highest BCUT2D eigenvalue weighted by Gasteiger charge is 2.28. The molecule has 2 aromatic rings. The lowest BCUT2D eigenvalue weighted by molar-refractivity contribution is -0.137. The van der Waals surface area contributed by atoms with Crippen molar-refractivity contribution in [2.75, 3.05) is 0 Å². The summed E-state index contributed by atoms with van der Waals surface area (Å²) in [5.74, 6) is -1.33. The third-order valence-corrected chi connectivity index (χ3v) is 2.59. The predicted molar refractivity (Wildman–Crippen MR) is 63.1 cm³/mol. The number of nitrogens with zero attached hydrogens (tertiary/aromatic N) is 3. The number of carboxylic acids is 1. The normalized spacial score (nSPS) is 11.6. The molecule has 20 heavy (non-hydrogen) atoms. The van der Waals surface area contributed by atoms with E-state index in [9.17, 15) is 18.0 Å². The topological polar surface area (TPSA) is 68.0 Å². The zero-order valence-electron chi connectivity index (χ0n) is 10.1. The third-order valence-electron chi connectivity index (χ3n) is 2.59. The molecule has 1 N–H and O–H groups in total. The monoisotopic (exact) mass is 285 g/mol. The van der Waals surface area contributed by atoms with Gasteiger partial charge >= 0.3 is 12.1 Å². The van der Waals surface area contributed by atoms with Gasteiger partial charge in [-0.15, -0.1) is 5.10 Å². The number of alkyl halides is 3. The molecule has 0 aliphatic carbocycles. The molecule has 0 spiro atoms. The number of aromatic nitrogens is 3. The minimum absolute atomic E-state index is 0.0716. The lowest BCUT2D eigenvalue weighted by atomic mass is 10.1. The average Bonchev–Trinajstić information content (AvgIpc) is 2.80. The molecule has 0 fully saturated rings. The maximum absolute atomic E-state index is 12.3. The fourth-order valence-corrected chi connectivity index (χ4v) is 1.73. The van der Waals surface area contributed by atoms with Crippen LogP contribution in [0.5, 0.6) is 0 Å². The van der Waals surface area contributed by atoms with E-state index in [0.717, 1.165) is 4.68 Å². The first-order valence-corrected chi connectivity index (χ1v) is 5.67. The number of benzene rings is 1. The molecule has 1 aromatic heterocycles. The first-order valence-electron chi connectivity index (χ1n) is 5.67. The quantitative estimate of drug-likeness (QED) is 0.937. The zero-order chi connectivity index (χ0) is 14.8. The SMILES string of the molecule is O=C(O)c1nnn(CCC(F)(F)F)c1-c1ccccc1. The summed E-state index contributed by atoms with van der Waals surface area (Å²) in [6, 6.07) is 8.21. The van der Waals surface area contributed by atoms with Crippen LogP contribution in [-0.2, 0) is 6.54 Å². The number of carboxylic acid groups (broad SMARTS) is 1. The maximum Gasteiger partial charge on any atom is 0.390 e. The second kappa shape index (κ2) is 5.32. The van der Waals surface area contributed by atoms with Gasteiger partial charge in [-0.1, -0.05) is 35.5 Å². The summed E-state index contributed by atoms with van der Waals surface area (Å²) in [5, 5.41) is 16.0. The van der Waals surface area contributed by atoms with E-state index in [4.69, 9.17) is 5.11 Å². The van der Waals surface area contributed by atoms with E-state index < -0.39 is 25.1 Å². The molecular weight excluding hydrogens is 275 g/mol. The highest BCUT2D eigenvalue weighted by molar-refractivity contribution is 5.92. The molecule has 0 aliphatic rings. The van der Waals surface area contributed by atoms with E-state index in [0.29, 0.717) is 5.56 Å². The van der Waals surface area contributed by atoms with E-state index in [1.54, 1.807) is 30.3 Å². The summed E-state index contributed by atoms with van der Waals surface area (Å²) in [4.78, 5) is 11.1. The summed E-state index contributed by atoms with van der Waals surface area (Å²) in [7, 11) is 0. The number of rotatable bonds is 4. The van der Waals surface area contributed by atoms with Crippen molar-refractivity contribution in [2.45, 2.75) is 19.1 Å². The molecule has 0 saturated carbocycles. The van der Waals surface area contributed by atoms with Crippen molar-refractivity contribution in [3.63, 3.8) is 0 Å². The van der Waals surface area contributed by atoms with Gasteiger partial charge in [0.05, 0.1) is 13.0 Å². The van der Waals surface area contributed by atoms with Crippen LogP contribution in [0.1, 0.15) is 16.9 Å². The van der Waals surface area contributed by atoms with Gasteiger partial charge in [0.25, 0.3) is 0 Å². The number of hydrogen-bond acceptors (Lipinski definition) is 3. The Kier molecular flexibility index (Phi) is 3.73. The first-order chi connectivity index (χ1) is 9.38. The maximum atomic E-state index is 12.3. The zero-order valence-corrected chi connectivity index (χ0v) is 10.1. The smallest absolute Gasteiger partial charge is 0.390 e. The van der Waals surface area contributed by atoms with Gasteiger partial charge in [0.1, 0.15) is 5.69 Å². The van der Waals surface area contributed by atoms with Crippen molar-refractivity contribution in [1.29, 1.82) is 0 Å². The summed E-state index contributed by atoms with van der Waals surface area (Å²) in [6.07, 6.45) is -5.45. The fraction of sp³-hybridized carbons (Fsp3) is 0.250. The molecule has 8 heteroatoms.